The SMILES string of the molecule is [2H]c1c([2H])c([2H])c(-c2c([2H])c([2H])c(-c3c([2H])c([2H])c(-c4c5ccccc5c(-c5c([2H])c([2H])c([2H])c6oc7c([2H])c(-c8ccccc8)c([2H])c([2H])c7c56)c5ccccc45)c([2H])c3[2H])c([2H])c2[2H])c([2H])c1[2H]. The van der Waals surface area contributed by atoms with E-state index >= 15 is 0 Å². The summed E-state index contributed by atoms with van der Waals surface area (Å²) in [6.45, 7) is 0. The Bertz CT molecular complexity index is 3850. The van der Waals surface area contributed by atoms with Gasteiger partial charge in [0.2, 0.25) is 0 Å². The molecule has 238 valence electrons. The van der Waals surface area contributed by atoms with E-state index in [-0.39, 0.29) is 62.3 Å². The van der Waals surface area contributed by atoms with E-state index in [1.54, 1.807) is 78.9 Å². The summed E-state index contributed by atoms with van der Waals surface area (Å²) in [6, 6.07) is 10.00. The topological polar surface area (TPSA) is 13.1 Å². The molecule has 0 atom stereocenters. The third kappa shape index (κ3) is 4.94. The zero-order chi connectivity index (χ0) is 50.3. The maximum Gasteiger partial charge on any atom is 0.136 e. The monoisotopic (exact) mass is 667 g/mol. The van der Waals surface area contributed by atoms with Gasteiger partial charge in [0.05, 0.1) is 26.0 Å². The van der Waals surface area contributed by atoms with Crippen molar-refractivity contribution in [2.45, 2.75) is 0 Å². The molecule has 0 spiro atoms. The van der Waals surface area contributed by atoms with E-state index in [2.05, 4.69) is 0 Å². The average Bonchev–Trinajstić information content (AvgIpc) is 3.76. The second-order valence-electron chi connectivity index (χ2n) is 11.7. The van der Waals surface area contributed by atoms with E-state index in [1.807, 2.05) is 0 Å². The molecule has 10 rings (SSSR count). The van der Waals surface area contributed by atoms with Gasteiger partial charge in [-0.3, -0.25) is 0 Å². The molecule has 1 heteroatoms. The first-order valence-electron chi connectivity index (χ1n) is 25.5. The lowest BCUT2D eigenvalue weighted by atomic mass is 9.84. The Morgan fingerprint density at radius 2 is 0.843 bits per heavy atom. The molecule has 10 aromatic rings. The third-order valence-corrected chi connectivity index (χ3v) is 8.82. The van der Waals surface area contributed by atoms with Gasteiger partial charge in [-0.2, -0.15) is 0 Å². The number of hydrogen-bond donors (Lipinski definition) is 0. The summed E-state index contributed by atoms with van der Waals surface area (Å²) in [4.78, 5) is 0. The molecule has 1 aromatic heterocycles. The van der Waals surface area contributed by atoms with Crippen molar-refractivity contribution in [2.75, 3.05) is 0 Å². The highest BCUT2D eigenvalue weighted by atomic mass is 16.3. The van der Waals surface area contributed by atoms with Gasteiger partial charge in [-0.1, -0.05) is 176 Å². The highest BCUT2D eigenvalue weighted by Gasteiger charge is 2.20. The summed E-state index contributed by atoms with van der Waals surface area (Å²) < 4.78 is 176. The Morgan fingerprint density at radius 1 is 0.333 bits per heavy atom. The molecule has 51 heavy (non-hydrogen) atoms. The van der Waals surface area contributed by atoms with E-state index in [0.29, 0.717) is 32.7 Å². The lowest BCUT2D eigenvalue weighted by Gasteiger charge is -2.18. The van der Waals surface area contributed by atoms with Crippen LogP contribution in [0.1, 0.15) is 26.0 Å². The van der Waals surface area contributed by atoms with Gasteiger partial charge < -0.3 is 4.42 Å². The summed E-state index contributed by atoms with van der Waals surface area (Å²) in [7, 11) is 0. The first kappa shape index (κ1) is 15.9. The quantitative estimate of drug-likeness (QED) is 0.167. The Hall–Kier alpha value is -6.70. The van der Waals surface area contributed by atoms with Crippen LogP contribution in [0.5, 0.6) is 0 Å². The molecular formula is C50H32O. The van der Waals surface area contributed by atoms with E-state index in [1.165, 1.54) is 0 Å². The smallest absolute Gasteiger partial charge is 0.136 e. The van der Waals surface area contributed by atoms with Crippen molar-refractivity contribution in [1.82, 2.24) is 0 Å². The van der Waals surface area contributed by atoms with Crippen LogP contribution in [-0.2, 0) is 0 Å². The zero-order valence-corrected chi connectivity index (χ0v) is 26.4. The fraction of sp³-hybridized carbons (Fsp3) is 0. The van der Waals surface area contributed by atoms with Gasteiger partial charge in [0, 0.05) is 10.8 Å². The van der Waals surface area contributed by atoms with Gasteiger partial charge in [0.1, 0.15) is 11.2 Å². The molecule has 0 saturated carbocycles. The van der Waals surface area contributed by atoms with E-state index < -0.39 is 119 Å². The van der Waals surface area contributed by atoms with E-state index in [9.17, 15) is 9.60 Å². The molecule has 1 heterocycles. The standard InChI is InChI=1S/C50H32O/c1-3-12-33(13-4-1)35-22-24-36(25-23-35)37-26-28-38(29-27-37)48-40-16-7-9-18-42(40)49(43-19-10-8-17-41(43)48)45-20-11-21-46-50(45)44-31-30-39(32-47(44)51-46)34-14-5-2-6-15-34/h1-32H/i1D,3D,4D,11D,12D,13D,20D,21D,22D,23D,24D,25D,26D,27D,28D,29D,30D,31D,32D. The van der Waals surface area contributed by atoms with Crippen molar-refractivity contribution in [3.05, 3.63) is 194 Å². The number of rotatable bonds is 5. The minimum atomic E-state index is -0.837. The lowest BCUT2D eigenvalue weighted by molar-refractivity contribution is 0.669. The Labute approximate surface area is 323 Å². The summed E-state index contributed by atoms with van der Waals surface area (Å²) in [5.41, 5.74) is -1.70. The maximum absolute atomic E-state index is 9.52. The second kappa shape index (κ2) is 12.0. The molecule has 0 amide bonds. The molecular weight excluding hydrogens is 617 g/mol. The van der Waals surface area contributed by atoms with Crippen molar-refractivity contribution in [2.24, 2.45) is 0 Å². The van der Waals surface area contributed by atoms with Crippen LogP contribution in [0.2, 0.25) is 0 Å². The van der Waals surface area contributed by atoms with Crippen LogP contribution >= 0.6 is 0 Å². The zero-order valence-electron chi connectivity index (χ0n) is 45.4. The molecule has 0 unspecified atom stereocenters. The number of hydrogen-bond acceptors (Lipinski definition) is 1. The molecule has 0 radical (unpaired) electrons. The summed E-state index contributed by atoms with van der Waals surface area (Å²) >= 11 is 0. The summed E-state index contributed by atoms with van der Waals surface area (Å²) in [5.74, 6) is 0. The number of fused-ring (bicyclic) bond motifs is 5. The summed E-state index contributed by atoms with van der Waals surface area (Å²) in [6.07, 6.45) is 0. The first-order chi connectivity index (χ1) is 33.2. The predicted octanol–water partition coefficient (Wildman–Crippen LogP) is 14.2. The Morgan fingerprint density at radius 3 is 1.45 bits per heavy atom. The van der Waals surface area contributed by atoms with Crippen LogP contribution in [0, 0.1) is 0 Å². The molecule has 0 saturated heterocycles. The highest BCUT2D eigenvalue weighted by Crippen LogP contribution is 2.47. The molecule has 0 N–H and O–H groups in total. The minimum Gasteiger partial charge on any atom is -0.456 e. The Kier molecular flexibility index (Phi) is 3.74. The highest BCUT2D eigenvalue weighted by molar-refractivity contribution is 6.25. The van der Waals surface area contributed by atoms with Crippen molar-refractivity contribution >= 4 is 43.5 Å². The van der Waals surface area contributed by atoms with Crippen molar-refractivity contribution in [1.29, 1.82) is 0 Å². The van der Waals surface area contributed by atoms with Crippen LogP contribution in [-0.4, -0.2) is 0 Å². The average molecular weight is 668 g/mol. The van der Waals surface area contributed by atoms with Crippen LogP contribution in [0.4, 0.5) is 0 Å². The normalized spacial score (nSPS) is 16.7. The van der Waals surface area contributed by atoms with Crippen molar-refractivity contribution in [3.8, 4) is 55.6 Å². The first-order valence-corrected chi connectivity index (χ1v) is 16.0. The molecule has 0 aliphatic carbocycles. The molecule has 1 nitrogen and oxygen atoms in total. The van der Waals surface area contributed by atoms with Crippen LogP contribution in [0.25, 0.3) is 99.1 Å². The molecule has 0 bridgehead atoms. The van der Waals surface area contributed by atoms with Crippen molar-refractivity contribution in [3.63, 3.8) is 0 Å². The van der Waals surface area contributed by atoms with Gasteiger partial charge in [-0.05, 0) is 95.3 Å². The fourth-order valence-electron chi connectivity index (χ4n) is 6.55. The molecule has 0 aliphatic heterocycles. The molecule has 0 aliphatic rings. The van der Waals surface area contributed by atoms with Gasteiger partial charge in [-0.25, -0.2) is 0 Å². The number of furan rings is 1. The van der Waals surface area contributed by atoms with Gasteiger partial charge >= 0.3 is 0 Å². The van der Waals surface area contributed by atoms with Crippen LogP contribution < -0.4 is 0 Å². The number of benzene rings is 9. The fourth-order valence-corrected chi connectivity index (χ4v) is 6.55. The van der Waals surface area contributed by atoms with Crippen LogP contribution in [0.15, 0.2) is 198 Å². The second-order valence-corrected chi connectivity index (χ2v) is 11.7. The summed E-state index contributed by atoms with van der Waals surface area (Å²) in [5, 5.41) is 1.50. The minimum absolute atomic E-state index is 0.00959. The van der Waals surface area contributed by atoms with Gasteiger partial charge in [-0.15, -0.1) is 0 Å². The molecule has 9 aromatic carbocycles. The predicted molar refractivity (Wildman–Crippen MR) is 216 cm³/mol. The van der Waals surface area contributed by atoms with Gasteiger partial charge in [0.25, 0.3) is 0 Å². The lowest BCUT2D eigenvalue weighted by Crippen LogP contribution is -1.91. The van der Waals surface area contributed by atoms with Crippen molar-refractivity contribution < 1.29 is 30.5 Å². The van der Waals surface area contributed by atoms with E-state index in [4.69, 9.17) is 20.9 Å². The third-order valence-electron chi connectivity index (χ3n) is 8.82. The van der Waals surface area contributed by atoms with Gasteiger partial charge in [0.15, 0.2) is 0 Å². The Balaban J connectivity index is 1.27. The largest absolute Gasteiger partial charge is 0.456 e. The van der Waals surface area contributed by atoms with Crippen LogP contribution in [0.3, 0.4) is 0 Å². The maximum atomic E-state index is 9.52. The molecule has 0 fully saturated rings. The van der Waals surface area contributed by atoms with E-state index in [0.717, 1.165) is 0 Å².